The predicted molar refractivity (Wildman–Crippen MR) is 69.0 cm³/mol. The molecule has 0 fully saturated rings. The lowest BCUT2D eigenvalue weighted by Gasteiger charge is -2.22. The lowest BCUT2D eigenvalue weighted by molar-refractivity contribution is 0.664. The zero-order chi connectivity index (χ0) is 11.5. The van der Waals surface area contributed by atoms with Gasteiger partial charge < -0.3 is 0 Å². The molecule has 0 saturated carbocycles. The highest BCUT2D eigenvalue weighted by atomic mass is 14.2. The van der Waals surface area contributed by atoms with E-state index in [1.54, 1.807) is 0 Å². The van der Waals surface area contributed by atoms with E-state index in [1.165, 1.54) is 16.7 Å². The molecule has 0 atom stereocenters. The maximum absolute atomic E-state index is 3.76. The van der Waals surface area contributed by atoms with Gasteiger partial charge >= 0.3 is 0 Å². The molecule has 0 saturated heterocycles. The molecular weight excluding hydrogens is 180 g/mol. The Hall–Kier alpha value is -1.30. The topological polar surface area (TPSA) is 0 Å². The van der Waals surface area contributed by atoms with E-state index in [4.69, 9.17) is 0 Å². The largest absolute Gasteiger partial charge is 0.0985 e. The summed E-state index contributed by atoms with van der Waals surface area (Å²) in [6.45, 7) is 12.5. The van der Waals surface area contributed by atoms with Crippen molar-refractivity contribution in [1.82, 2.24) is 0 Å². The molecule has 0 radical (unpaired) electrons. The Labute approximate surface area is 93.3 Å². The first-order valence-electron chi connectivity index (χ1n) is 5.35. The van der Waals surface area contributed by atoms with Crippen LogP contribution in [0.4, 0.5) is 0 Å². The second kappa shape index (κ2) is 4.48. The fourth-order valence-corrected chi connectivity index (χ4v) is 1.85. The monoisotopic (exact) mass is 200 g/mol. The minimum atomic E-state index is 0.110. The molecule has 0 bridgehead atoms. The molecule has 0 amide bonds. The van der Waals surface area contributed by atoms with E-state index in [0.717, 1.165) is 0 Å². The zero-order valence-electron chi connectivity index (χ0n) is 10.2. The molecule has 0 aliphatic carbocycles. The van der Waals surface area contributed by atoms with Gasteiger partial charge in [0, 0.05) is 5.41 Å². The minimum Gasteiger partial charge on any atom is -0.0985 e. The second-order valence-corrected chi connectivity index (χ2v) is 4.77. The lowest BCUT2D eigenvalue weighted by Crippen LogP contribution is -2.13. The summed E-state index contributed by atoms with van der Waals surface area (Å²) in [7, 11) is 0. The molecule has 0 nitrogen and oxygen atoms in total. The highest BCUT2D eigenvalue weighted by Crippen LogP contribution is 2.26. The highest BCUT2D eigenvalue weighted by Gasteiger charge is 2.16. The third-order valence-corrected chi connectivity index (χ3v) is 2.54. The van der Waals surface area contributed by atoms with Crippen molar-refractivity contribution in [2.45, 2.75) is 33.1 Å². The molecule has 1 aromatic carbocycles. The Morgan fingerprint density at radius 2 is 1.67 bits per heavy atom. The molecule has 1 aromatic rings. The minimum absolute atomic E-state index is 0.110. The molecule has 0 aliphatic heterocycles. The first-order chi connectivity index (χ1) is 6.95. The SMILES string of the molecule is C=Cc1ccc(C(C)(C)C=C(C)C)cc1. The third kappa shape index (κ3) is 3.09. The van der Waals surface area contributed by atoms with Crippen molar-refractivity contribution in [3.63, 3.8) is 0 Å². The predicted octanol–water partition coefficient (Wildman–Crippen LogP) is 4.57. The normalized spacial score (nSPS) is 10.9. The maximum Gasteiger partial charge on any atom is 0.00777 e. The van der Waals surface area contributed by atoms with Crippen LogP contribution in [0.3, 0.4) is 0 Å². The Balaban J connectivity index is 3.05. The highest BCUT2D eigenvalue weighted by molar-refractivity contribution is 5.48. The Kier molecular flexibility index (Phi) is 3.52. The molecular formula is C15H20. The van der Waals surface area contributed by atoms with E-state index in [-0.39, 0.29) is 5.41 Å². The molecule has 0 heteroatoms. The summed E-state index contributed by atoms with van der Waals surface area (Å²) in [6, 6.07) is 8.58. The van der Waals surface area contributed by atoms with Gasteiger partial charge in [-0.3, -0.25) is 0 Å². The molecule has 0 aliphatic rings. The van der Waals surface area contributed by atoms with Crippen LogP contribution in [-0.4, -0.2) is 0 Å². The van der Waals surface area contributed by atoms with E-state index >= 15 is 0 Å². The van der Waals surface area contributed by atoms with Gasteiger partial charge in [0.1, 0.15) is 0 Å². The van der Waals surface area contributed by atoms with Crippen molar-refractivity contribution >= 4 is 6.08 Å². The smallest absolute Gasteiger partial charge is 0.00777 e. The van der Waals surface area contributed by atoms with Crippen LogP contribution in [0.5, 0.6) is 0 Å². The van der Waals surface area contributed by atoms with Gasteiger partial charge in [-0.1, -0.05) is 62.4 Å². The van der Waals surface area contributed by atoms with Crippen LogP contribution >= 0.6 is 0 Å². The molecule has 15 heavy (non-hydrogen) atoms. The summed E-state index contributed by atoms with van der Waals surface area (Å²) in [5.41, 5.74) is 3.98. The number of hydrogen-bond donors (Lipinski definition) is 0. The first kappa shape index (κ1) is 11.8. The van der Waals surface area contributed by atoms with E-state index in [1.807, 2.05) is 6.08 Å². The number of allylic oxidation sites excluding steroid dienone is 2. The Bertz CT molecular complexity index is 360. The van der Waals surface area contributed by atoms with Gasteiger partial charge in [-0.15, -0.1) is 0 Å². The van der Waals surface area contributed by atoms with Gasteiger partial charge in [0.25, 0.3) is 0 Å². The third-order valence-electron chi connectivity index (χ3n) is 2.54. The molecule has 0 N–H and O–H groups in total. The van der Waals surface area contributed by atoms with Crippen LogP contribution in [0.1, 0.15) is 38.8 Å². The summed E-state index contributed by atoms with van der Waals surface area (Å²) in [4.78, 5) is 0. The lowest BCUT2D eigenvalue weighted by atomic mass is 9.83. The van der Waals surface area contributed by atoms with Crippen LogP contribution in [0, 0.1) is 0 Å². The van der Waals surface area contributed by atoms with E-state index < -0.39 is 0 Å². The fourth-order valence-electron chi connectivity index (χ4n) is 1.85. The summed E-state index contributed by atoms with van der Waals surface area (Å²) in [5, 5.41) is 0. The standard InChI is InChI=1S/C15H20/c1-6-13-7-9-14(10-8-13)15(4,5)11-12(2)3/h6-11H,1H2,2-5H3. The van der Waals surface area contributed by atoms with Gasteiger partial charge in [0.15, 0.2) is 0 Å². The molecule has 0 aromatic heterocycles. The van der Waals surface area contributed by atoms with Crippen LogP contribution in [0.25, 0.3) is 6.08 Å². The maximum atomic E-state index is 3.76. The van der Waals surface area contributed by atoms with Gasteiger partial charge in [0.2, 0.25) is 0 Å². The number of benzene rings is 1. The van der Waals surface area contributed by atoms with Crippen LogP contribution in [0.15, 0.2) is 42.5 Å². The molecule has 0 spiro atoms. The quantitative estimate of drug-likeness (QED) is 0.627. The molecule has 0 heterocycles. The van der Waals surface area contributed by atoms with Crippen molar-refractivity contribution < 1.29 is 0 Å². The van der Waals surface area contributed by atoms with Gasteiger partial charge in [0.05, 0.1) is 0 Å². The summed E-state index contributed by atoms with van der Waals surface area (Å²) >= 11 is 0. The van der Waals surface area contributed by atoms with Crippen molar-refractivity contribution in [1.29, 1.82) is 0 Å². The van der Waals surface area contributed by atoms with Gasteiger partial charge in [-0.25, -0.2) is 0 Å². The van der Waals surface area contributed by atoms with Crippen molar-refractivity contribution in [3.05, 3.63) is 53.6 Å². The van der Waals surface area contributed by atoms with Crippen LogP contribution in [-0.2, 0) is 5.41 Å². The molecule has 1 rings (SSSR count). The van der Waals surface area contributed by atoms with Crippen LogP contribution < -0.4 is 0 Å². The number of hydrogen-bond acceptors (Lipinski definition) is 0. The zero-order valence-corrected chi connectivity index (χ0v) is 10.2. The summed E-state index contributed by atoms with van der Waals surface area (Å²) < 4.78 is 0. The molecule has 80 valence electrons. The molecule has 0 unspecified atom stereocenters. The number of rotatable bonds is 3. The average molecular weight is 200 g/mol. The van der Waals surface area contributed by atoms with Crippen LogP contribution in [0.2, 0.25) is 0 Å². The van der Waals surface area contributed by atoms with Gasteiger partial charge in [-0.2, -0.15) is 0 Å². The summed E-state index contributed by atoms with van der Waals surface area (Å²) in [5.74, 6) is 0. The van der Waals surface area contributed by atoms with Gasteiger partial charge in [-0.05, 0) is 25.0 Å². The fraction of sp³-hybridized carbons (Fsp3) is 0.333. The Morgan fingerprint density at radius 3 is 2.07 bits per heavy atom. The second-order valence-electron chi connectivity index (χ2n) is 4.77. The van der Waals surface area contributed by atoms with Crippen molar-refractivity contribution in [2.24, 2.45) is 0 Å². The van der Waals surface area contributed by atoms with Crippen molar-refractivity contribution in [2.75, 3.05) is 0 Å². The van der Waals surface area contributed by atoms with E-state index in [2.05, 4.69) is 64.6 Å². The van der Waals surface area contributed by atoms with E-state index in [0.29, 0.717) is 0 Å². The summed E-state index contributed by atoms with van der Waals surface area (Å²) in [6.07, 6.45) is 4.17. The average Bonchev–Trinajstić information content (AvgIpc) is 2.16. The Morgan fingerprint density at radius 1 is 1.13 bits per heavy atom. The van der Waals surface area contributed by atoms with E-state index in [9.17, 15) is 0 Å². The first-order valence-corrected chi connectivity index (χ1v) is 5.35. The van der Waals surface area contributed by atoms with Crippen molar-refractivity contribution in [3.8, 4) is 0 Å².